The van der Waals surface area contributed by atoms with Crippen molar-refractivity contribution in [3.05, 3.63) is 133 Å². The van der Waals surface area contributed by atoms with E-state index in [1.165, 1.54) is 0 Å². The van der Waals surface area contributed by atoms with Crippen LogP contribution in [0.25, 0.3) is 11.1 Å². The van der Waals surface area contributed by atoms with Gasteiger partial charge in [-0.25, -0.2) is 0 Å². The van der Waals surface area contributed by atoms with Crippen molar-refractivity contribution in [1.82, 2.24) is 20.8 Å². The fourth-order valence-corrected chi connectivity index (χ4v) is 4.26. The van der Waals surface area contributed by atoms with Crippen LogP contribution in [0.1, 0.15) is 26.9 Å². The normalized spacial score (nSPS) is 10.6. The Morgan fingerprint density at radius 3 is 1.80 bits per heavy atom. The molecule has 4 aromatic carbocycles. The standard InChI is InChI=1S/C32H29N5O3/c38-30(26-18-16-25(17-19-26)24-10-4-1-5-11-24)33-21-20-29-35-36-32(40-29)31(39)34-22-23-37(27-12-6-2-7-13-27)28-14-8-3-9-15-28/h1-19H,20-23H2,(H,33,38)(H,34,39). The van der Waals surface area contributed by atoms with Crippen LogP contribution >= 0.6 is 0 Å². The van der Waals surface area contributed by atoms with Gasteiger partial charge in [0.25, 0.3) is 5.91 Å². The largest absolute Gasteiger partial charge is 0.417 e. The zero-order valence-electron chi connectivity index (χ0n) is 21.9. The fraction of sp³-hybridized carbons (Fsp3) is 0.125. The van der Waals surface area contributed by atoms with Crippen LogP contribution in [0.4, 0.5) is 11.4 Å². The number of benzene rings is 4. The predicted octanol–water partition coefficient (Wildman–Crippen LogP) is 5.28. The van der Waals surface area contributed by atoms with Crippen LogP contribution in [0, 0.1) is 0 Å². The Hall–Kier alpha value is -5.24. The van der Waals surface area contributed by atoms with Crippen LogP contribution in [0.15, 0.2) is 120 Å². The van der Waals surface area contributed by atoms with Crippen LogP contribution in [0.3, 0.4) is 0 Å². The van der Waals surface area contributed by atoms with E-state index in [9.17, 15) is 9.59 Å². The maximum Gasteiger partial charge on any atom is 0.308 e. The highest BCUT2D eigenvalue weighted by atomic mass is 16.4. The minimum Gasteiger partial charge on any atom is -0.417 e. The van der Waals surface area contributed by atoms with Crippen molar-refractivity contribution >= 4 is 23.2 Å². The molecular formula is C32H29N5O3. The molecule has 1 heterocycles. The molecule has 5 aromatic rings. The van der Waals surface area contributed by atoms with E-state index in [-0.39, 0.29) is 17.7 Å². The molecule has 2 amide bonds. The van der Waals surface area contributed by atoms with Gasteiger partial charge in [0.15, 0.2) is 0 Å². The molecule has 40 heavy (non-hydrogen) atoms. The van der Waals surface area contributed by atoms with E-state index in [1.807, 2.05) is 103 Å². The van der Waals surface area contributed by atoms with Gasteiger partial charge in [-0.15, -0.1) is 10.2 Å². The monoisotopic (exact) mass is 531 g/mol. The van der Waals surface area contributed by atoms with E-state index >= 15 is 0 Å². The average molecular weight is 532 g/mol. The number of para-hydroxylation sites is 2. The number of hydrogen-bond donors (Lipinski definition) is 2. The molecule has 5 rings (SSSR count). The Morgan fingerprint density at radius 1 is 0.625 bits per heavy atom. The van der Waals surface area contributed by atoms with E-state index in [1.54, 1.807) is 12.1 Å². The molecule has 0 aliphatic heterocycles. The van der Waals surface area contributed by atoms with Gasteiger partial charge in [-0.1, -0.05) is 78.9 Å². The molecule has 0 unspecified atom stereocenters. The molecule has 0 saturated carbocycles. The molecule has 2 N–H and O–H groups in total. The summed E-state index contributed by atoms with van der Waals surface area (Å²) in [5.41, 5.74) is 4.75. The summed E-state index contributed by atoms with van der Waals surface area (Å²) in [5.74, 6) is -0.468. The summed E-state index contributed by atoms with van der Waals surface area (Å²) in [4.78, 5) is 27.3. The molecule has 0 bridgehead atoms. The van der Waals surface area contributed by atoms with Crippen molar-refractivity contribution in [2.45, 2.75) is 6.42 Å². The third-order valence-electron chi connectivity index (χ3n) is 6.30. The van der Waals surface area contributed by atoms with Crippen LogP contribution in [-0.4, -0.2) is 41.6 Å². The highest BCUT2D eigenvalue weighted by Crippen LogP contribution is 2.24. The molecule has 1 aromatic heterocycles. The molecule has 0 fully saturated rings. The first-order valence-corrected chi connectivity index (χ1v) is 13.1. The van der Waals surface area contributed by atoms with Crippen LogP contribution in [0.2, 0.25) is 0 Å². The topological polar surface area (TPSA) is 100 Å². The number of carbonyl (C=O) groups is 2. The van der Waals surface area contributed by atoms with Crippen LogP contribution in [0.5, 0.6) is 0 Å². The second kappa shape index (κ2) is 13.0. The zero-order valence-corrected chi connectivity index (χ0v) is 21.9. The van der Waals surface area contributed by atoms with Crippen molar-refractivity contribution in [1.29, 1.82) is 0 Å². The Balaban J connectivity index is 1.09. The van der Waals surface area contributed by atoms with Crippen LogP contribution < -0.4 is 15.5 Å². The predicted molar refractivity (Wildman–Crippen MR) is 154 cm³/mol. The van der Waals surface area contributed by atoms with E-state index in [4.69, 9.17) is 4.42 Å². The van der Waals surface area contributed by atoms with E-state index in [2.05, 4.69) is 25.7 Å². The van der Waals surface area contributed by atoms with Gasteiger partial charge < -0.3 is 20.0 Å². The van der Waals surface area contributed by atoms with Gasteiger partial charge in [-0.05, 0) is 47.5 Å². The van der Waals surface area contributed by atoms with Crippen molar-refractivity contribution in [2.75, 3.05) is 24.5 Å². The van der Waals surface area contributed by atoms with Gasteiger partial charge in [0.1, 0.15) is 0 Å². The number of nitrogens with one attached hydrogen (secondary N) is 2. The van der Waals surface area contributed by atoms with Gasteiger partial charge in [0.05, 0.1) is 0 Å². The minimum absolute atomic E-state index is 0.108. The summed E-state index contributed by atoms with van der Waals surface area (Å²) in [6.07, 6.45) is 0.309. The van der Waals surface area contributed by atoms with Crippen molar-refractivity contribution in [3.63, 3.8) is 0 Å². The number of carbonyl (C=O) groups excluding carboxylic acids is 2. The van der Waals surface area contributed by atoms with Gasteiger partial charge >= 0.3 is 11.8 Å². The second-order valence-corrected chi connectivity index (χ2v) is 9.03. The molecule has 0 radical (unpaired) electrons. The van der Waals surface area contributed by atoms with E-state index in [0.717, 1.165) is 22.5 Å². The zero-order chi connectivity index (χ0) is 27.6. The Morgan fingerprint density at radius 2 is 1.18 bits per heavy atom. The molecule has 8 nitrogen and oxygen atoms in total. The van der Waals surface area contributed by atoms with E-state index in [0.29, 0.717) is 31.6 Å². The smallest absolute Gasteiger partial charge is 0.308 e. The van der Waals surface area contributed by atoms with Crippen molar-refractivity contribution < 1.29 is 14.0 Å². The second-order valence-electron chi connectivity index (χ2n) is 9.03. The van der Waals surface area contributed by atoms with Crippen molar-refractivity contribution in [3.8, 4) is 11.1 Å². The highest BCUT2D eigenvalue weighted by molar-refractivity contribution is 5.94. The summed E-state index contributed by atoms with van der Waals surface area (Å²) < 4.78 is 5.53. The van der Waals surface area contributed by atoms with Gasteiger partial charge in [-0.2, -0.15) is 0 Å². The number of anilines is 2. The molecule has 200 valence electrons. The summed E-state index contributed by atoms with van der Waals surface area (Å²) in [6.45, 7) is 1.23. The Kier molecular flexibility index (Phi) is 8.58. The first-order chi connectivity index (χ1) is 19.7. The molecule has 0 saturated heterocycles. The summed E-state index contributed by atoms with van der Waals surface area (Å²) in [7, 11) is 0. The molecule has 0 aliphatic rings. The number of rotatable bonds is 11. The average Bonchev–Trinajstić information content (AvgIpc) is 3.50. The lowest BCUT2D eigenvalue weighted by molar-refractivity contribution is 0.0914. The number of aromatic nitrogens is 2. The minimum atomic E-state index is -0.442. The first-order valence-electron chi connectivity index (χ1n) is 13.1. The Labute approximate surface area is 232 Å². The van der Waals surface area contributed by atoms with Gasteiger partial charge in [0, 0.05) is 43.0 Å². The SMILES string of the molecule is O=C(NCCc1nnc(C(=O)NCCN(c2ccccc2)c2ccccc2)o1)c1ccc(-c2ccccc2)cc1. The van der Waals surface area contributed by atoms with Gasteiger partial charge in [0.2, 0.25) is 5.89 Å². The molecular weight excluding hydrogens is 502 g/mol. The molecule has 0 spiro atoms. The third-order valence-corrected chi connectivity index (χ3v) is 6.30. The Bertz CT molecular complexity index is 1480. The first kappa shape index (κ1) is 26.4. The van der Waals surface area contributed by atoms with E-state index < -0.39 is 5.91 Å². The van der Waals surface area contributed by atoms with Crippen LogP contribution in [-0.2, 0) is 6.42 Å². The number of hydrogen-bond acceptors (Lipinski definition) is 6. The fourth-order valence-electron chi connectivity index (χ4n) is 4.26. The maximum atomic E-state index is 12.6. The lowest BCUT2D eigenvalue weighted by atomic mass is 10.0. The summed E-state index contributed by atoms with van der Waals surface area (Å²) in [6, 6.07) is 37.4. The maximum absolute atomic E-state index is 12.6. The highest BCUT2D eigenvalue weighted by Gasteiger charge is 2.16. The lowest BCUT2D eigenvalue weighted by Gasteiger charge is -2.25. The van der Waals surface area contributed by atoms with Crippen molar-refractivity contribution in [2.24, 2.45) is 0 Å². The third kappa shape index (κ3) is 6.79. The molecule has 8 heteroatoms. The molecule has 0 aliphatic carbocycles. The van der Waals surface area contributed by atoms with Gasteiger partial charge in [-0.3, -0.25) is 9.59 Å². The summed E-state index contributed by atoms with van der Waals surface area (Å²) in [5, 5.41) is 13.5. The number of nitrogens with zero attached hydrogens (tertiary/aromatic N) is 3. The molecule has 0 atom stereocenters. The lowest BCUT2D eigenvalue weighted by Crippen LogP contribution is -2.33. The number of amides is 2. The summed E-state index contributed by atoms with van der Waals surface area (Å²) >= 11 is 0. The quantitative estimate of drug-likeness (QED) is 0.241.